The van der Waals surface area contributed by atoms with Crippen LogP contribution in [-0.2, 0) is 5.41 Å². The molecule has 7 aromatic carbocycles. The Kier molecular flexibility index (Phi) is 7.83. The molecule has 0 aliphatic heterocycles. The number of benzene rings is 7. The van der Waals surface area contributed by atoms with Gasteiger partial charge in [-0.3, -0.25) is 0 Å². The fourth-order valence-corrected chi connectivity index (χ4v) is 9.85. The normalized spacial score (nSPS) is 17.8. The van der Waals surface area contributed by atoms with Crippen LogP contribution in [0.2, 0.25) is 0 Å². The van der Waals surface area contributed by atoms with Crippen molar-refractivity contribution in [2.45, 2.75) is 43.9 Å². The van der Waals surface area contributed by atoms with Crippen molar-refractivity contribution in [3.63, 3.8) is 0 Å². The minimum absolute atomic E-state index is 0.150. The number of rotatable bonds is 6. The van der Waals surface area contributed by atoms with Gasteiger partial charge in [0, 0.05) is 56.2 Å². The molecule has 0 bridgehead atoms. The van der Waals surface area contributed by atoms with E-state index in [4.69, 9.17) is 4.42 Å². The van der Waals surface area contributed by atoms with Crippen molar-refractivity contribution in [1.29, 1.82) is 0 Å². The first-order chi connectivity index (χ1) is 28.0. The van der Waals surface area contributed by atoms with Crippen LogP contribution < -0.4 is 4.90 Å². The maximum atomic E-state index is 6.59. The molecule has 0 fully saturated rings. The summed E-state index contributed by atoms with van der Waals surface area (Å²) < 4.78 is 6.59. The molecule has 1 heterocycles. The van der Waals surface area contributed by atoms with E-state index in [0.717, 1.165) is 29.7 Å². The molecule has 274 valence electrons. The van der Waals surface area contributed by atoms with Crippen molar-refractivity contribution in [2.24, 2.45) is 0 Å². The van der Waals surface area contributed by atoms with E-state index in [-0.39, 0.29) is 11.3 Å². The zero-order valence-corrected chi connectivity index (χ0v) is 32.3. The van der Waals surface area contributed by atoms with Gasteiger partial charge >= 0.3 is 0 Å². The van der Waals surface area contributed by atoms with Gasteiger partial charge in [-0.2, -0.15) is 0 Å². The molecule has 8 aromatic rings. The molecule has 0 saturated heterocycles. The molecule has 2 heteroatoms. The summed E-state index contributed by atoms with van der Waals surface area (Å²) in [4.78, 5) is 2.49. The Balaban J connectivity index is 0.986. The number of hydrogen-bond acceptors (Lipinski definition) is 2. The highest BCUT2D eigenvalue weighted by molar-refractivity contribution is 6.11. The van der Waals surface area contributed by atoms with Crippen LogP contribution in [-0.4, -0.2) is 0 Å². The van der Waals surface area contributed by atoms with Gasteiger partial charge in [-0.25, -0.2) is 0 Å². The fraction of sp³-hybridized carbons (Fsp3) is 0.127. The third-order valence-electron chi connectivity index (χ3n) is 12.8. The Morgan fingerprint density at radius 2 is 1.32 bits per heavy atom. The van der Waals surface area contributed by atoms with E-state index in [1.165, 1.54) is 77.8 Å². The van der Waals surface area contributed by atoms with Gasteiger partial charge in [0.2, 0.25) is 0 Å². The van der Waals surface area contributed by atoms with E-state index in [2.05, 4.69) is 207 Å². The molecular weight excluding hydrogens is 691 g/mol. The van der Waals surface area contributed by atoms with Crippen molar-refractivity contribution in [1.82, 2.24) is 0 Å². The molecule has 3 aliphatic rings. The van der Waals surface area contributed by atoms with Crippen molar-refractivity contribution in [3.05, 3.63) is 227 Å². The first-order valence-corrected chi connectivity index (χ1v) is 20.3. The lowest BCUT2D eigenvalue weighted by Gasteiger charge is -2.36. The second-order valence-corrected chi connectivity index (χ2v) is 16.3. The topological polar surface area (TPSA) is 16.4 Å². The molecule has 11 rings (SSSR count). The number of nitrogens with zero attached hydrogens (tertiary/aromatic N) is 1. The minimum Gasteiger partial charge on any atom is -0.455 e. The molecular formula is C55H43NO. The maximum Gasteiger partial charge on any atom is 0.143 e. The van der Waals surface area contributed by atoms with Gasteiger partial charge in [0.1, 0.15) is 11.2 Å². The highest BCUT2D eigenvalue weighted by atomic mass is 16.3. The number of anilines is 1. The quantitative estimate of drug-likeness (QED) is 0.169. The van der Waals surface area contributed by atoms with Gasteiger partial charge in [-0.15, -0.1) is 0 Å². The van der Waals surface area contributed by atoms with E-state index in [1.807, 2.05) is 0 Å². The van der Waals surface area contributed by atoms with Crippen molar-refractivity contribution >= 4 is 33.3 Å². The van der Waals surface area contributed by atoms with Crippen LogP contribution in [0.15, 0.2) is 198 Å². The summed E-state index contributed by atoms with van der Waals surface area (Å²) in [6.45, 7) is 4.74. The maximum absolute atomic E-state index is 6.59. The molecule has 0 saturated carbocycles. The summed E-state index contributed by atoms with van der Waals surface area (Å²) in [6.07, 6.45) is 11.5. The summed E-state index contributed by atoms with van der Waals surface area (Å²) in [5, 5.41) is 2.37. The predicted molar refractivity (Wildman–Crippen MR) is 238 cm³/mol. The number of para-hydroxylation sites is 1. The van der Waals surface area contributed by atoms with Crippen molar-refractivity contribution < 1.29 is 4.42 Å². The lowest BCUT2D eigenvalue weighted by Crippen LogP contribution is -2.25. The Morgan fingerprint density at radius 3 is 2.12 bits per heavy atom. The lowest BCUT2D eigenvalue weighted by molar-refractivity contribution is 0.651. The molecule has 0 N–H and O–H groups in total. The van der Waals surface area contributed by atoms with Crippen LogP contribution in [0.3, 0.4) is 0 Å². The number of fused-ring (bicyclic) bond motifs is 8. The first-order valence-electron chi connectivity index (χ1n) is 20.3. The van der Waals surface area contributed by atoms with Crippen LogP contribution in [0, 0.1) is 0 Å². The number of hydrogen-bond donors (Lipinski definition) is 0. The van der Waals surface area contributed by atoms with Crippen LogP contribution >= 0.6 is 0 Å². The Bertz CT molecular complexity index is 2920. The molecule has 0 amide bonds. The van der Waals surface area contributed by atoms with E-state index < -0.39 is 0 Å². The Hall–Kier alpha value is -6.64. The molecule has 0 radical (unpaired) electrons. The van der Waals surface area contributed by atoms with Gasteiger partial charge in [0.25, 0.3) is 0 Å². The van der Waals surface area contributed by atoms with Gasteiger partial charge in [0.05, 0.1) is 0 Å². The standard InChI is InChI=1S/C55H43NO/c1-55(2)49-33-31-47-46-19-11-12-20-52(46)57-54(47)53(49)48-30-25-40(35-50(48)55)43-32-34-51(45-18-10-9-17-44(43)45)56(41-26-21-38(22-27-41)36-13-5-3-6-14-36)42-28-23-39(24-29-42)37-15-7-4-8-16-37/h3-23,25-31,33-35,39,43H,24,32H2,1-2H3. The minimum atomic E-state index is -0.150. The van der Waals surface area contributed by atoms with Crippen LogP contribution in [0.4, 0.5) is 5.69 Å². The lowest BCUT2D eigenvalue weighted by atomic mass is 9.77. The van der Waals surface area contributed by atoms with Gasteiger partial charge in [-0.05, 0) is 81.6 Å². The Morgan fingerprint density at radius 1 is 0.579 bits per heavy atom. The molecule has 2 atom stereocenters. The third-order valence-corrected chi connectivity index (χ3v) is 12.8. The molecule has 0 spiro atoms. The monoisotopic (exact) mass is 733 g/mol. The molecule has 2 nitrogen and oxygen atoms in total. The van der Waals surface area contributed by atoms with Gasteiger partial charge in [-0.1, -0.05) is 178 Å². The van der Waals surface area contributed by atoms with Crippen molar-refractivity contribution in [2.75, 3.05) is 4.90 Å². The summed E-state index contributed by atoms with van der Waals surface area (Å²) in [5.41, 5.74) is 18.5. The van der Waals surface area contributed by atoms with Crippen LogP contribution in [0.5, 0.6) is 0 Å². The fourth-order valence-electron chi connectivity index (χ4n) is 9.85. The van der Waals surface area contributed by atoms with Gasteiger partial charge < -0.3 is 9.32 Å². The Labute approximate surface area is 334 Å². The summed E-state index contributed by atoms with van der Waals surface area (Å²) in [7, 11) is 0. The predicted octanol–water partition coefficient (Wildman–Crippen LogP) is 14.6. The average molecular weight is 734 g/mol. The summed E-state index contributed by atoms with van der Waals surface area (Å²) >= 11 is 0. The van der Waals surface area contributed by atoms with E-state index in [9.17, 15) is 0 Å². The average Bonchev–Trinajstić information content (AvgIpc) is 3.76. The molecule has 1 aromatic heterocycles. The third kappa shape index (κ3) is 5.46. The molecule has 57 heavy (non-hydrogen) atoms. The molecule has 3 aliphatic carbocycles. The van der Waals surface area contributed by atoms with Crippen LogP contribution in [0.1, 0.15) is 71.9 Å². The highest BCUT2D eigenvalue weighted by Crippen LogP contribution is 2.54. The zero-order chi connectivity index (χ0) is 38.1. The summed E-state index contributed by atoms with van der Waals surface area (Å²) in [6, 6.07) is 60.0. The van der Waals surface area contributed by atoms with E-state index in [0.29, 0.717) is 5.92 Å². The SMILES string of the molecule is CC1(C)c2cc(C3CC=C(N(C4=CCC(c5ccccc5)C=C4)c4ccc(-c5ccccc5)cc4)c4ccccc43)ccc2-c2c1ccc1c2oc2ccccc21. The zero-order valence-electron chi connectivity index (χ0n) is 32.3. The first kappa shape index (κ1) is 33.7. The summed E-state index contributed by atoms with van der Waals surface area (Å²) in [5.74, 6) is 0.606. The van der Waals surface area contributed by atoms with Crippen molar-refractivity contribution in [3.8, 4) is 22.3 Å². The highest BCUT2D eigenvalue weighted by Gasteiger charge is 2.39. The second kappa shape index (κ2) is 13.2. The number of furan rings is 1. The van der Waals surface area contributed by atoms with E-state index in [1.54, 1.807) is 0 Å². The largest absolute Gasteiger partial charge is 0.455 e. The molecule has 2 unspecified atom stereocenters. The smallest absolute Gasteiger partial charge is 0.143 e. The second-order valence-electron chi connectivity index (χ2n) is 16.3. The van der Waals surface area contributed by atoms with Gasteiger partial charge in [0.15, 0.2) is 0 Å². The van der Waals surface area contributed by atoms with E-state index >= 15 is 0 Å². The number of allylic oxidation sites excluding steroid dienone is 4. The van der Waals surface area contributed by atoms with Crippen LogP contribution in [0.25, 0.3) is 49.9 Å².